The molecule has 4 nitrogen and oxygen atoms in total. The second kappa shape index (κ2) is 5.05. The van der Waals surface area contributed by atoms with Crippen LogP contribution in [-0.4, -0.2) is 21.3 Å². The standard InChI is InChI=1S/C17H16N4/c1-3-7-13(8-4-1)15-11-12-18-17-19-16(20-21(15)17)14-9-5-2-6-10-14/h1-10,15H,11-12H2,(H,18,19,20). The van der Waals surface area contributed by atoms with Crippen molar-refractivity contribution in [1.29, 1.82) is 0 Å². The molecule has 0 amide bonds. The van der Waals surface area contributed by atoms with Gasteiger partial charge in [0.2, 0.25) is 5.95 Å². The Morgan fingerprint density at radius 2 is 1.67 bits per heavy atom. The highest BCUT2D eigenvalue weighted by molar-refractivity contribution is 5.56. The summed E-state index contributed by atoms with van der Waals surface area (Å²) in [6, 6.07) is 20.9. The molecule has 1 aliphatic heterocycles. The Balaban J connectivity index is 1.77. The van der Waals surface area contributed by atoms with Gasteiger partial charge in [0.1, 0.15) is 0 Å². The molecule has 4 heteroatoms. The normalized spacial score (nSPS) is 17.0. The van der Waals surface area contributed by atoms with Crippen molar-refractivity contribution in [3.8, 4) is 11.4 Å². The van der Waals surface area contributed by atoms with Crippen molar-refractivity contribution in [3.05, 3.63) is 66.2 Å². The second-order valence-electron chi connectivity index (χ2n) is 5.21. The maximum absolute atomic E-state index is 4.72. The Labute approximate surface area is 123 Å². The highest BCUT2D eigenvalue weighted by Crippen LogP contribution is 2.30. The lowest BCUT2D eigenvalue weighted by Crippen LogP contribution is -2.24. The Kier molecular flexibility index (Phi) is 2.92. The van der Waals surface area contributed by atoms with Crippen molar-refractivity contribution in [2.45, 2.75) is 12.5 Å². The van der Waals surface area contributed by atoms with Crippen LogP contribution in [0.1, 0.15) is 18.0 Å². The number of benzene rings is 2. The Morgan fingerprint density at radius 3 is 2.43 bits per heavy atom. The summed E-state index contributed by atoms with van der Waals surface area (Å²) in [4.78, 5) is 4.64. The summed E-state index contributed by atoms with van der Waals surface area (Å²) < 4.78 is 2.02. The minimum Gasteiger partial charge on any atom is -0.354 e. The smallest absolute Gasteiger partial charge is 0.222 e. The van der Waals surface area contributed by atoms with Crippen LogP contribution in [0.4, 0.5) is 5.95 Å². The molecule has 1 unspecified atom stereocenters. The Hall–Kier alpha value is -2.62. The summed E-state index contributed by atoms with van der Waals surface area (Å²) in [7, 11) is 0. The zero-order valence-electron chi connectivity index (χ0n) is 11.6. The van der Waals surface area contributed by atoms with Crippen LogP contribution in [0, 0.1) is 0 Å². The van der Waals surface area contributed by atoms with E-state index in [1.54, 1.807) is 0 Å². The average molecular weight is 276 g/mol. The predicted octanol–water partition coefficient (Wildman–Crippen LogP) is 3.35. The van der Waals surface area contributed by atoms with E-state index in [-0.39, 0.29) is 6.04 Å². The van der Waals surface area contributed by atoms with E-state index in [1.807, 2.05) is 41.1 Å². The molecule has 1 aromatic heterocycles. The van der Waals surface area contributed by atoms with E-state index in [9.17, 15) is 0 Å². The van der Waals surface area contributed by atoms with E-state index >= 15 is 0 Å². The third-order valence-electron chi connectivity index (χ3n) is 3.84. The largest absolute Gasteiger partial charge is 0.354 e. The molecule has 0 bridgehead atoms. The number of nitrogens with zero attached hydrogens (tertiary/aromatic N) is 3. The molecule has 0 saturated carbocycles. The molecule has 0 aliphatic carbocycles. The topological polar surface area (TPSA) is 42.7 Å². The van der Waals surface area contributed by atoms with Gasteiger partial charge in [-0.05, 0) is 12.0 Å². The van der Waals surface area contributed by atoms with Gasteiger partial charge >= 0.3 is 0 Å². The molecule has 3 aromatic rings. The molecule has 4 rings (SSSR count). The molecule has 2 heterocycles. The van der Waals surface area contributed by atoms with Gasteiger partial charge in [-0.15, -0.1) is 5.10 Å². The van der Waals surface area contributed by atoms with E-state index in [2.05, 4.69) is 34.6 Å². The van der Waals surface area contributed by atoms with Crippen LogP contribution in [-0.2, 0) is 0 Å². The van der Waals surface area contributed by atoms with Gasteiger partial charge in [0.25, 0.3) is 0 Å². The molecule has 21 heavy (non-hydrogen) atoms. The molecular weight excluding hydrogens is 260 g/mol. The van der Waals surface area contributed by atoms with Crippen molar-refractivity contribution in [3.63, 3.8) is 0 Å². The van der Waals surface area contributed by atoms with Gasteiger partial charge < -0.3 is 5.32 Å². The lowest BCUT2D eigenvalue weighted by atomic mass is 10.0. The fraction of sp³-hybridized carbons (Fsp3) is 0.176. The lowest BCUT2D eigenvalue weighted by Gasteiger charge is -2.24. The Bertz CT molecular complexity index is 734. The number of hydrogen-bond donors (Lipinski definition) is 1. The number of hydrogen-bond acceptors (Lipinski definition) is 3. The van der Waals surface area contributed by atoms with Crippen molar-refractivity contribution in [2.24, 2.45) is 0 Å². The van der Waals surface area contributed by atoms with Crippen LogP contribution < -0.4 is 5.32 Å². The minimum atomic E-state index is 0.257. The average Bonchev–Trinajstić information content (AvgIpc) is 3.00. The monoisotopic (exact) mass is 276 g/mol. The SMILES string of the molecule is c1ccc(-c2nc3n(n2)C(c2ccccc2)CCN3)cc1. The fourth-order valence-corrected chi connectivity index (χ4v) is 2.80. The minimum absolute atomic E-state index is 0.257. The molecular formula is C17H16N4. The highest BCUT2D eigenvalue weighted by Gasteiger charge is 2.24. The quantitative estimate of drug-likeness (QED) is 0.780. The fourth-order valence-electron chi connectivity index (χ4n) is 2.80. The number of nitrogens with one attached hydrogen (secondary N) is 1. The first-order chi connectivity index (χ1) is 10.4. The summed E-state index contributed by atoms with van der Waals surface area (Å²) >= 11 is 0. The third-order valence-corrected chi connectivity index (χ3v) is 3.84. The van der Waals surface area contributed by atoms with Crippen LogP contribution in [0.2, 0.25) is 0 Å². The molecule has 1 aliphatic rings. The molecule has 1 atom stereocenters. The van der Waals surface area contributed by atoms with E-state index in [1.165, 1.54) is 5.56 Å². The summed E-state index contributed by atoms with van der Waals surface area (Å²) in [5, 5.41) is 8.06. The van der Waals surface area contributed by atoms with E-state index in [4.69, 9.17) is 5.10 Å². The first-order valence-electron chi connectivity index (χ1n) is 7.22. The van der Waals surface area contributed by atoms with Gasteiger partial charge in [0.05, 0.1) is 6.04 Å². The first kappa shape index (κ1) is 12.1. The third kappa shape index (κ3) is 2.18. The van der Waals surface area contributed by atoms with Crippen molar-refractivity contribution in [2.75, 3.05) is 11.9 Å². The van der Waals surface area contributed by atoms with E-state index < -0.39 is 0 Å². The molecule has 104 valence electrons. The van der Waals surface area contributed by atoms with Crippen LogP contribution >= 0.6 is 0 Å². The summed E-state index contributed by atoms with van der Waals surface area (Å²) in [5.74, 6) is 1.63. The predicted molar refractivity (Wildman–Crippen MR) is 83.1 cm³/mol. The van der Waals surface area contributed by atoms with Crippen LogP contribution in [0.25, 0.3) is 11.4 Å². The first-order valence-corrected chi connectivity index (χ1v) is 7.22. The molecule has 0 radical (unpaired) electrons. The van der Waals surface area contributed by atoms with Gasteiger partial charge in [0.15, 0.2) is 5.82 Å². The highest BCUT2D eigenvalue weighted by atomic mass is 15.4. The van der Waals surface area contributed by atoms with Crippen molar-refractivity contribution in [1.82, 2.24) is 14.8 Å². The second-order valence-corrected chi connectivity index (χ2v) is 5.21. The number of rotatable bonds is 2. The van der Waals surface area contributed by atoms with Crippen LogP contribution in [0.15, 0.2) is 60.7 Å². The zero-order chi connectivity index (χ0) is 14.1. The number of fused-ring (bicyclic) bond motifs is 1. The number of anilines is 1. The van der Waals surface area contributed by atoms with Gasteiger partial charge in [-0.1, -0.05) is 60.7 Å². The van der Waals surface area contributed by atoms with Gasteiger partial charge in [0, 0.05) is 12.1 Å². The molecule has 2 aromatic carbocycles. The van der Waals surface area contributed by atoms with Crippen molar-refractivity contribution < 1.29 is 0 Å². The molecule has 0 fully saturated rings. The van der Waals surface area contributed by atoms with E-state index in [0.29, 0.717) is 0 Å². The molecule has 0 spiro atoms. The lowest BCUT2D eigenvalue weighted by molar-refractivity contribution is 0.481. The van der Waals surface area contributed by atoms with Crippen molar-refractivity contribution >= 4 is 5.95 Å². The maximum atomic E-state index is 4.72. The zero-order valence-corrected chi connectivity index (χ0v) is 11.6. The summed E-state index contributed by atoms with van der Waals surface area (Å²) in [6.45, 7) is 0.923. The summed E-state index contributed by atoms with van der Waals surface area (Å²) in [6.07, 6.45) is 1.02. The Morgan fingerprint density at radius 1 is 0.952 bits per heavy atom. The molecule has 0 saturated heterocycles. The van der Waals surface area contributed by atoms with E-state index in [0.717, 1.165) is 30.3 Å². The molecule has 1 N–H and O–H groups in total. The number of aromatic nitrogens is 3. The van der Waals surface area contributed by atoms with Gasteiger partial charge in [-0.25, -0.2) is 4.68 Å². The summed E-state index contributed by atoms with van der Waals surface area (Å²) in [5.41, 5.74) is 2.33. The van der Waals surface area contributed by atoms with Crippen LogP contribution in [0.5, 0.6) is 0 Å². The maximum Gasteiger partial charge on any atom is 0.222 e. The van der Waals surface area contributed by atoms with Gasteiger partial charge in [-0.3, -0.25) is 0 Å². The van der Waals surface area contributed by atoms with Gasteiger partial charge in [-0.2, -0.15) is 4.98 Å². The van der Waals surface area contributed by atoms with Crippen LogP contribution in [0.3, 0.4) is 0 Å².